The first kappa shape index (κ1) is 20.9. The van der Waals surface area contributed by atoms with Crippen molar-refractivity contribution in [2.45, 2.75) is 32.7 Å². The molecule has 0 bridgehead atoms. The van der Waals surface area contributed by atoms with Gasteiger partial charge in [-0.05, 0) is 12.5 Å². The number of aromatic nitrogens is 2. The second-order valence-electron chi connectivity index (χ2n) is 6.71. The van der Waals surface area contributed by atoms with Gasteiger partial charge in [0.25, 0.3) is 11.5 Å². The van der Waals surface area contributed by atoms with E-state index in [4.69, 9.17) is 0 Å². The van der Waals surface area contributed by atoms with Crippen LogP contribution in [0.25, 0.3) is 10.8 Å². The molecule has 0 aliphatic heterocycles. The van der Waals surface area contributed by atoms with E-state index in [1.54, 1.807) is 54.6 Å². The smallest absolute Gasteiger partial charge is 0.290 e. The lowest BCUT2D eigenvalue weighted by Crippen LogP contribution is -2.42. The lowest BCUT2D eigenvalue weighted by molar-refractivity contribution is -0.121. The third-order valence-corrected chi connectivity index (χ3v) is 4.51. The Kier molecular flexibility index (Phi) is 6.69. The van der Waals surface area contributed by atoms with Crippen molar-refractivity contribution < 1.29 is 14.4 Å². The van der Waals surface area contributed by atoms with Gasteiger partial charge < -0.3 is 0 Å². The summed E-state index contributed by atoms with van der Waals surface area (Å²) in [6, 6.07) is 15.4. The first-order chi connectivity index (χ1) is 14.5. The highest BCUT2D eigenvalue weighted by Gasteiger charge is 2.17. The van der Waals surface area contributed by atoms with Gasteiger partial charge >= 0.3 is 0 Å². The Hall–Kier alpha value is -3.81. The van der Waals surface area contributed by atoms with Gasteiger partial charge in [0.2, 0.25) is 5.91 Å². The molecule has 0 spiro atoms. The van der Waals surface area contributed by atoms with Gasteiger partial charge in [0.15, 0.2) is 11.5 Å². The maximum atomic E-state index is 12.6. The van der Waals surface area contributed by atoms with Crippen LogP contribution in [0, 0.1) is 0 Å². The van der Waals surface area contributed by atoms with Crippen LogP contribution in [0.2, 0.25) is 0 Å². The van der Waals surface area contributed by atoms with Gasteiger partial charge in [0.05, 0.1) is 5.39 Å². The van der Waals surface area contributed by atoms with Gasteiger partial charge in [0.1, 0.15) is 0 Å². The summed E-state index contributed by atoms with van der Waals surface area (Å²) in [4.78, 5) is 49.2. The summed E-state index contributed by atoms with van der Waals surface area (Å²) in [5.41, 5.74) is 4.92. The molecule has 0 fully saturated rings. The number of carbonyl (C=O) groups excluding carboxylic acids is 3. The van der Waals surface area contributed by atoms with Crippen molar-refractivity contribution in [3.63, 3.8) is 0 Å². The predicted molar refractivity (Wildman–Crippen MR) is 112 cm³/mol. The molecule has 8 heteroatoms. The van der Waals surface area contributed by atoms with E-state index >= 15 is 0 Å². The topological polar surface area (TPSA) is 110 Å². The molecule has 1 heterocycles. The number of rotatable bonds is 7. The van der Waals surface area contributed by atoms with E-state index in [2.05, 4.69) is 16.0 Å². The summed E-state index contributed by atoms with van der Waals surface area (Å²) < 4.78 is 1.25. The standard InChI is InChI=1S/C22H22N4O4/c1-2-14-26-22(30)17-11-7-6-10-16(17)20(25-26)21(29)24-23-19(28)13-12-18(27)15-8-4-3-5-9-15/h3-11H,2,12-14H2,1H3,(H,23,28)(H,24,29). The summed E-state index contributed by atoms with van der Waals surface area (Å²) in [6.45, 7) is 2.28. The quantitative estimate of drug-likeness (QED) is 0.462. The van der Waals surface area contributed by atoms with E-state index in [-0.39, 0.29) is 29.9 Å². The zero-order valence-electron chi connectivity index (χ0n) is 16.6. The fraction of sp³-hybridized carbons (Fsp3) is 0.227. The molecule has 3 aromatic rings. The molecule has 0 saturated carbocycles. The van der Waals surface area contributed by atoms with Crippen molar-refractivity contribution in [2.24, 2.45) is 0 Å². The van der Waals surface area contributed by atoms with Crippen LogP contribution in [0.4, 0.5) is 0 Å². The van der Waals surface area contributed by atoms with E-state index in [1.165, 1.54) is 4.68 Å². The number of carbonyl (C=O) groups is 3. The molecule has 3 rings (SSSR count). The first-order valence-electron chi connectivity index (χ1n) is 9.68. The van der Waals surface area contributed by atoms with Gasteiger partial charge in [-0.15, -0.1) is 0 Å². The summed E-state index contributed by atoms with van der Waals surface area (Å²) >= 11 is 0. The molecule has 2 amide bonds. The summed E-state index contributed by atoms with van der Waals surface area (Å²) in [5, 5.41) is 4.95. The second-order valence-corrected chi connectivity index (χ2v) is 6.71. The van der Waals surface area contributed by atoms with E-state index in [0.717, 1.165) is 0 Å². The van der Waals surface area contributed by atoms with Crippen LogP contribution in [-0.2, 0) is 11.3 Å². The third kappa shape index (κ3) is 4.78. The number of nitrogens with zero attached hydrogens (tertiary/aromatic N) is 2. The zero-order chi connectivity index (χ0) is 21.5. The average molecular weight is 406 g/mol. The number of Topliss-reactive ketones (excluding diaryl/α,β-unsaturated/α-hetero) is 1. The van der Waals surface area contributed by atoms with Crippen molar-refractivity contribution in [2.75, 3.05) is 0 Å². The van der Waals surface area contributed by atoms with Gasteiger partial charge in [-0.2, -0.15) is 5.10 Å². The summed E-state index contributed by atoms with van der Waals surface area (Å²) in [5.74, 6) is -1.30. The van der Waals surface area contributed by atoms with Crippen molar-refractivity contribution >= 4 is 28.4 Å². The second kappa shape index (κ2) is 9.60. The van der Waals surface area contributed by atoms with Gasteiger partial charge in [-0.1, -0.05) is 55.5 Å². The van der Waals surface area contributed by atoms with Crippen molar-refractivity contribution in [1.82, 2.24) is 20.6 Å². The molecule has 0 atom stereocenters. The molecule has 0 unspecified atom stereocenters. The molecule has 2 N–H and O–H groups in total. The molecule has 0 radical (unpaired) electrons. The van der Waals surface area contributed by atoms with E-state index in [0.29, 0.717) is 29.3 Å². The van der Waals surface area contributed by atoms with Crippen LogP contribution in [0.1, 0.15) is 47.0 Å². The fourth-order valence-electron chi connectivity index (χ4n) is 3.01. The van der Waals surface area contributed by atoms with Crippen LogP contribution >= 0.6 is 0 Å². The number of aryl methyl sites for hydroxylation is 1. The number of amides is 2. The Balaban J connectivity index is 1.66. The van der Waals surface area contributed by atoms with Crippen LogP contribution < -0.4 is 16.4 Å². The summed E-state index contributed by atoms with van der Waals surface area (Å²) in [6.07, 6.45) is 0.629. The number of benzene rings is 2. The molecule has 154 valence electrons. The van der Waals surface area contributed by atoms with Crippen molar-refractivity contribution in [3.8, 4) is 0 Å². The van der Waals surface area contributed by atoms with Crippen LogP contribution in [0.5, 0.6) is 0 Å². The molecular formula is C22H22N4O4. The van der Waals surface area contributed by atoms with E-state index in [1.807, 2.05) is 6.92 Å². The van der Waals surface area contributed by atoms with E-state index < -0.39 is 11.8 Å². The Morgan fingerprint density at radius 3 is 2.27 bits per heavy atom. The third-order valence-electron chi connectivity index (χ3n) is 4.51. The zero-order valence-corrected chi connectivity index (χ0v) is 16.6. The van der Waals surface area contributed by atoms with Gasteiger partial charge in [0, 0.05) is 30.3 Å². The molecule has 2 aromatic carbocycles. The number of fused-ring (bicyclic) bond motifs is 1. The molecule has 8 nitrogen and oxygen atoms in total. The van der Waals surface area contributed by atoms with Gasteiger partial charge in [-0.3, -0.25) is 30.0 Å². The highest BCUT2D eigenvalue weighted by atomic mass is 16.2. The van der Waals surface area contributed by atoms with Crippen LogP contribution in [0.3, 0.4) is 0 Å². The lowest BCUT2D eigenvalue weighted by Gasteiger charge is -2.11. The Bertz CT molecular complexity index is 1140. The normalized spacial score (nSPS) is 10.6. The highest BCUT2D eigenvalue weighted by Crippen LogP contribution is 2.13. The molecule has 30 heavy (non-hydrogen) atoms. The van der Waals surface area contributed by atoms with Gasteiger partial charge in [-0.25, -0.2) is 4.68 Å². The molecular weight excluding hydrogens is 384 g/mol. The van der Waals surface area contributed by atoms with Crippen LogP contribution in [-0.4, -0.2) is 27.4 Å². The molecule has 0 saturated heterocycles. The minimum Gasteiger partial charge on any atom is -0.294 e. The number of hydrogen-bond acceptors (Lipinski definition) is 5. The Morgan fingerprint density at radius 2 is 1.57 bits per heavy atom. The molecule has 0 aliphatic carbocycles. The average Bonchev–Trinajstić information content (AvgIpc) is 2.78. The number of hydrazine groups is 1. The maximum Gasteiger partial charge on any atom is 0.290 e. The Labute approximate surface area is 172 Å². The summed E-state index contributed by atoms with van der Waals surface area (Å²) in [7, 11) is 0. The number of nitrogens with one attached hydrogen (secondary N) is 2. The van der Waals surface area contributed by atoms with Crippen molar-refractivity contribution in [3.05, 3.63) is 76.2 Å². The number of hydrogen-bond donors (Lipinski definition) is 2. The van der Waals surface area contributed by atoms with Crippen molar-refractivity contribution in [1.29, 1.82) is 0 Å². The SMILES string of the molecule is CCCn1nc(C(=O)NNC(=O)CCC(=O)c2ccccc2)c2ccccc2c1=O. The lowest BCUT2D eigenvalue weighted by atomic mass is 10.1. The number of ketones is 1. The predicted octanol–water partition coefficient (Wildman–Crippen LogP) is 2.23. The first-order valence-corrected chi connectivity index (χ1v) is 9.68. The maximum absolute atomic E-state index is 12.6. The van der Waals surface area contributed by atoms with Crippen LogP contribution in [0.15, 0.2) is 59.4 Å². The largest absolute Gasteiger partial charge is 0.294 e. The Morgan fingerprint density at radius 1 is 0.900 bits per heavy atom. The monoisotopic (exact) mass is 406 g/mol. The highest BCUT2D eigenvalue weighted by molar-refractivity contribution is 6.05. The fourth-order valence-corrected chi connectivity index (χ4v) is 3.01. The van der Waals surface area contributed by atoms with E-state index in [9.17, 15) is 19.2 Å². The minimum absolute atomic E-state index is 0.0221. The molecule has 1 aromatic heterocycles. The minimum atomic E-state index is -0.640. The molecule has 0 aliphatic rings.